The van der Waals surface area contributed by atoms with Crippen LogP contribution in [0.15, 0.2) is 60.7 Å². The van der Waals surface area contributed by atoms with Crippen LogP contribution in [0.2, 0.25) is 0 Å². The number of imidazole rings is 1. The maximum Gasteiger partial charge on any atom is 0.338 e. The van der Waals surface area contributed by atoms with Gasteiger partial charge in [0.15, 0.2) is 5.82 Å². The van der Waals surface area contributed by atoms with Crippen molar-refractivity contribution in [1.29, 1.82) is 0 Å². The van der Waals surface area contributed by atoms with Gasteiger partial charge in [-0.15, -0.1) is 0 Å². The second kappa shape index (κ2) is 11.1. The van der Waals surface area contributed by atoms with Crippen molar-refractivity contribution in [3.63, 3.8) is 0 Å². The number of hydrogen-bond donors (Lipinski definition) is 2. The fraction of sp³-hybridized carbons (Fsp3) is 0.241. The van der Waals surface area contributed by atoms with Crippen LogP contribution in [0.25, 0.3) is 22.4 Å². The average Bonchev–Trinajstić information content (AvgIpc) is 3.21. The van der Waals surface area contributed by atoms with Crippen LogP contribution in [-0.2, 0) is 22.4 Å². The first kappa shape index (κ1) is 25.6. The van der Waals surface area contributed by atoms with Gasteiger partial charge < -0.3 is 20.1 Å². The minimum Gasteiger partial charge on any atom is -0.462 e. The summed E-state index contributed by atoms with van der Waals surface area (Å²) in [6, 6.07) is 17.2. The summed E-state index contributed by atoms with van der Waals surface area (Å²) < 4.78 is 6.02. The smallest absolute Gasteiger partial charge is 0.338 e. The lowest BCUT2D eigenvalue weighted by atomic mass is 9.98. The number of benzene rings is 3. The minimum absolute atomic E-state index is 0.259. The van der Waals surface area contributed by atoms with Gasteiger partial charge in [0.2, 0.25) is 0 Å². The molecule has 0 radical (unpaired) electrons. The van der Waals surface area contributed by atoms with Gasteiger partial charge in [-0.05, 0) is 85.0 Å². The number of anilines is 1. The standard InChI is InChI=1S/C29H29N3O5/c1-4-37-29(35)21-8-6-20(7-9-21)28(34)31-24-12-10-22(17-23(24)15-18(2)3)27-30-25-11-5-19(13-14-33)16-26(25)32(27)36/h5-12,14,16-18,36H,4,13,15H2,1-3H3,(H,31,34). The van der Waals surface area contributed by atoms with Gasteiger partial charge in [0.1, 0.15) is 11.8 Å². The number of rotatable bonds is 9. The van der Waals surface area contributed by atoms with Gasteiger partial charge in [-0.1, -0.05) is 19.9 Å². The SMILES string of the molecule is CCOC(=O)c1ccc(C(=O)Nc2ccc(-c3nc4ccc(CC=O)cc4n3O)cc2CC(C)C)cc1. The van der Waals surface area contributed by atoms with Crippen LogP contribution in [0.4, 0.5) is 5.69 Å². The van der Waals surface area contributed by atoms with Crippen LogP contribution in [0, 0.1) is 5.92 Å². The van der Waals surface area contributed by atoms with E-state index < -0.39 is 5.97 Å². The number of hydrogen-bond acceptors (Lipinski definition) is 6. The number of aldehydes is 1. The second-order valence-electron chi connectivity index (χ2n) is 9.16. The normalized spacial score (nSPS) is 11.0. The van der Waals surface area contributed by atoms with Crippen molar-refractivity contribution < 1.29 is 24.3 Å². The Kier molecular flexibility index (Phi) is 7.67. The lowest BCUT2D eigenvalue weighted by Gasteiger charge is -2.15. The Balaban J connectivity index is 1.63. The third-order valence-electron chi connectivity index (χ3n) is 5.91. The molecule has 8 heteroatoms. The number of esters is 1. The molecule has 0 spiro atoms. The van der Waals surface area contributed by atoms with E-state index in [1.54, 1.807) is 55.5 Å². The fourth-order valence-corrected chi connectivity index (χ4v) is 4.15. The summed E-state index contributed by atoms with van der Waals surface area (Å²) in [5, 5.41) is 13.8. The number of nitrogens with one attached hydrogen (secondary N) is 1. The zero-order valence-electron chi connectivity index (χ0n) is 21.0. The van der Waals surface area contributed by atoms with Crippen LogP contribution < -0.4 is 5.32 Å². The molecule has 190 valence electrons. The predicted octanol–water partition coefficient (Wildman–Crippen LogP) is 5.31. The van der Waals surface area contributed by atoms with Crippen molar-refractivity contribution in [3.05, 3.63) is 82.9 Å². The van der Waals surface area contributed by atoms with Gasteiger partial charge in [-0.3, -0.25) is 4.79 Å². The predicted molar refractivity (Wildman–Crippen MR) is 141 cm³/mol. The Bertz CT molecular complexity index is 1450. The molecule has 3 aromatic carbocycles. The molecule has 0 saturated heterocycles. The van der Waals surface area contributed by atoms with E-state index in [4.69, 9.17) is 4.74 Å². The van der Waals surface area contributed by atoms with Gasteiger partial charge in [0.05, 0.1) is 17.7 Å². The molecule has 8 nitrogen and oxygen atoms in total. The maximum absolute atomic E-state index is 13.0. The van der Waals surface area contributed by atoms with Crippen LogP contribution in [0.3, 0.4) is 0 Å². The molecule has 4 aromatic rings. The molecule has 0 aliphatic rings. The Hall–Kier alpha value is -4.46. The molecule has 0 bridgehead atoms. The molecule has 0 atom stereocenters. The highest BCUT2D eigenvalue weighted by Crippen LogP contribution is 2.29. The second-order valence-corrected chi connectivity index (χ2v) is 9.16. The zero-order valence-corrected chi connectivity index (χ0v) is 21.0. The lowest BCUT2D eigenvalue weighted by molar-refractivity contribution is -0.107. The van der Waals surface area contributed by atoms with E-state index in [-0.39, 0.29) is 18.9 Å². The first-order chi connectivity index (χ1) is 17.8. The highest BCUT2D eigenvalue weighted by Gasteiger charge is 2.17. The first-order valence-electron chi connectivity index (χ1n) is 12.2. The highest BCUT2D eigenvalue weighted by atomic mass is 16.5. The Morgan fingerprint density at radius 3 is 2.46 bits per heavy atom. The van der Waals surface area contributed by atoms with Gasteiger partial charge in [0, 0.05) is 23.2 Å². The summed E-state index contributed by atoms with van der Waals surface area (Å²) >= 11 is 0. The Morgan fingerprint density at radius 1 is 1.05 bits per heavy atom. The molecule has 1 heterocycles. The molecule has 1 amide bonds. The van der Waals surface area contributed by atoms with Gasteiger partial charge in [-0.2, -0.15) is 4.73 Å². The summed E-state index contributed by atoms with van der Waals surface area (Å²) in [6.07, 6.45) is 1.77. The van der Waals surface area contributed by atoms with Gasteiger partial charge >= 0.3 is 5.97 Å². The molecule has 0 saturated carbocycles. The number of carbonyl (C=O) groups excluding carboxylic acids is 3. The molecule has 0 aliphatic carbocycles. The molecule has 0 fully saturated rings. The third kappa shape index (κ3) is 5.69. The van der Waals surface area contributed by atoms with Crippen molar-refractivity contribution >= 4 is 34.9 Å². The van der Waals surface area contributed by atoms with Crippen LogP contribution in [0.1, 0.15) is 52.6 Å². The number of ether oxygens (including phenoxy) is 1. The number of aromatic nitrogens is 2. The van der Waals surface area contributed by atoms with E-state index in [1.807, 2.05) is 12.1 Å². The third-order valence-corrected chi connectivity index (χ3v) is 5.91. The van der Waals surface area contributed by atoms with E-state index >= 15 is 0 Å². The van der Waals surface area contributed by atoms with Crippen LogP contribution in [0.5, 0.6) is 0 Å². The molecule has 2 N–H and O–H groups in total. The summed E-state index contributed by atoms with van der Waals surface area (Å²) in [6.45, 7) is 6.19. The van der Waals surface area contributed by atoms with Crippen molar-refractivity contribution in [1.82, 2.24) is 9.71 Å². The molecule has 0 aliphatic heterocycles. The summed E-state index contributed by atoms with van der Waals surface area (Å²) in [5.74, 6) is -0.0475. The Morgan fingerprint density at radius 2 is 1.78 bits per heavy atom. The number of fused-ring (bicyclic) bond motifs is 1. The van der Waals surface area contributed by atoms with Crippen molar-refractivity contribution in [2.24, 2.45) is 5.92 Å². The van der Waals surface area contributed by atoms with Gasteiger partial charge in [-0.25, -0.2) is 9.78 Å². The molecule has 1 aromatic heterocycles. The summed E-state index contributed by atoms with van der Waals surface area (Å²) in [4.78, 5) is 40.3. The quantitative estimate of drug-likeness (QED) is 0.183. The first-order valence-corrected chi connectivity index (χ1v) is 12.2. The van der Waals surface area contributed by atoms with E-state index in [0.29, 0.717) is 51.6 Å². The van der Waals surface area contributed by atoms with Crippen molar-refractivity contribution in [2.45, 2.75) is 33.6 Å². The number of carbonyl (C=O) groups is 3. The molecule has 37 heavy (non-hydrogen) atoms. The lowest BCUT2D eigenvalue weighted by Crippen LogP contribution is -2.14. The molecular formula is C29H29N3O5. The molecule has 4 rings (SSSR count). The van der Waals surface area contributed by atoms with Crippen molar-refractivity contribution in [2.75, 3.05) is 11.9 Å². The van der Waals surface area contributed by atoms with E-state index in [1.165, 1.54) is 0 Å². The van der Waals surface area contributed by atoms with Gasteiger partial charge in [0.25, 0.3) is 5.91 Å². The van der Waals surface area contributed by atoms with Crippen molar-refractivity contribution in [3.8, 4) is 11.4 Å². The molecule has 0 unspecified atom stereocenters. The topological polar surface area (TPSA) is 111 Å². The monoisotopic (exact) mass is 499 g/mol. The summed E-state index contributed by atoms with van der Waals surface area (Å²) in [5.41, 5.74) is 4.97. The minimum atomic E-state index is -0.431. The maximum atomic E-state index is 13.0. The van der Waals surface area contributed by atoms with E-state index in [9.17, 15) is 19.6 Å². The van der Waals surface area contributed by atoms with Crippen LogP contribution >= 0.6 is 0 Å². The zero-order chi connectivity index (χ0) is 26.5. The Labute approximate surface area is 214 Å². The molecular weight excluding hydrogens is 470 g/mol. The van der Waals surface area contributed by atoms with Crippen LogP contribution in [-0.4, -0.2) is 39.7 Å². The average molecular weight is 500 g/mol. The van der Waals surface area contributed by atoms with E-state index in [0.717, 1.165) is 22.1 Å². The van der Waals surface area contributed by atoms with E-state index in [2.05, 4.69) is 24.1 Å². The number of nitrogens with zero attached hydrogens (tertiary/aromatic N) is 2. The summed E-state index contributed by atoms with van der Waals surface area (Å²) in [7, 11) is 0. The fourth-order valence-electron chi connectivity index (χ4n) is 4.15. The highest BCUT2D eigenvalue weighted by molar-refractivity contribution is 6.05. The largest absolute Gasteiger partial charge is 0.462 e. The number of amides is 1.